The number of ether oxygens (including phenoxy) is 1. The van der Waals surface area contributed by atoms with Crippen molar-refractivity contribution in [3.05, 3.63) is 93.7 Å². The van der Waals surface area contributed by atoms with E-state index in [4.69, 9.17) is 16.3 Å². The first-order chi connectivity index (χ1) is 12.8. The molecule has 2 aliphatic rings. The molecule has 1 heterocycles. The van der Waals surface area contributed by atoms with Gasteiger partial charge in [-0.2, -0.15) is 5.26 Å². The maximum absolute atomic E-state index is 9.35. The maximum Gasteiger partial charge on any atom is 0.161 e. The molecule has 0 spiro atoms. The standard InChI is InChI=1S/C23H14ClNO/c24-19(13-25)23-18-11-9-14-5-1-3-7-16(14)21(18)22-17-8-4-2-6-15(17)10-12-20(22)26-23/h1-8,10,12H,9,11H2/b23-19+. The van der Waals surface area contributed by atoms with Crippen LogP contribution in [0.25, 0.3) is 16.3 Å². The average molecular weight is 356 g/mol. The van der Waals surface area contributed by atoms with Crippen LogP contribution in [0, 0.1) is 11.3 Å². The van der Waals surface area contributed by atoms with Gasteiger partial charge in [-0.25, -0.2) is 0 Å². The highest BCUT2D eigenvalue weighted by Crippen LogP contribution is 2.49. The Labute approximate surface area is 156 Å². The molecule has 0 fully saturated rings. The molecule has 0 N–H and O–H groups in total. The van der Waals surface area contributed by atoms with Crippen molar-refractivity contribution in [3.8, 4) is 11.8 Å². The van der Waals surface area contributed by atoms with Gasteiger partial charge in [0.15, 0.2) is 10.8 Å². The summed E-state index contributed by atoms with van der Waals surface area (Å²) in [6.45, 7) is 0. The zero-order chi connectivity index (χ0) is 17.7. The molecule has 0 unspecified atom stereocenters. The molecule has 124 valence electrons. The third-order valence-electron chi connectivity index (χ3n) is 5.16. The normalized spacial score (nSPS) is 16.9. The first-order valence-corrected chi connectivity index (χ1v) is 8.97. The molecule has 3 heteroatoms. The summed E-state index contributed by atoms with van der Waals surface area (Å²) < 4.78 is 6.14. The Kier molecular flexibility index (Phi) is 3.38. The van der Waals surface area contributed by atoms with E-state index >= 15 is 0 Å². The van der Waals surface area contributed by atoms with E-state index in [1.165, 1.54) is 16.5 Å². The smallest absolute Gasteiger partial charge is 0.161 e. The molecule has 5 rings (SSSR count). The van der Waals surface area contributed by atoms with Gasteiger partial charge in [0.1, 0.15) is 11.8 Å². The van der Waals surface area contributed by atoms with Crippen LogP contribution in [0.15, 0.2) is 77.0 Å². The molecule has 3 aromatic carbocycles. The van der Waals surface area contributed by atoms with Crippen LogP contribution in [-0.2, 0) is 6.42 Å². The van der Waals surface area contributed by atoms with Gasteiger partial charge in [-0.3, -0.25) is 0 Å². The SMILES string of the molecule is N#C/C(Cl)=C1\Oc2ccc3ccccc3c2C2=C1CCc1ccccc12. The second-order valence-electron chi connectivity index (χ2n) is 6.53. The van der Waals surface area contributed by atoms with Crippen molar-refractivity contribution >= 4 is 27.9 Å². The van der Waals surface area contributed by atoms with Gasteiger partial charge < -0.3 is 4.74 Å². The Bertz CT molecular complexity index is 1180. The summed E-state index contributed by atoms with van der Waals surface area (Å²) in [5, 5.41) is 11.8. The van der Waals surface area contributed by atoms with Gasteiger partial charge in [0, 0.05) is 16.7 Å². The van der Waals surface area contributed by atoms with E-state index in [9.17, 15) is 5.26 Å². The second kappa shape index (κ2) is 5.76. The first-order valence-electron chi connectivity index (χ1n) is 8.59. The molecule has 0 saturated heterocycles. The largest absolute Gasteiger partial charge is 0.454 e. The highest BCUT2D eigenvalue weighted by molar-refractivity contribution is 6.32. The Morgan fingerprint density at radius 3 is 2.65 bits per heavy atom. The molecule has 0 aromatic heterocycles. The maximum atomic E-state index is 9.35. The zero-order valence-corrected chi connectivity index (χ0v) is 14.7. The Morgan fingerprint density at radius 2 is 1.77 bits per heavy atom. The van der Waals surface area contributed by atoms with Crippen LogP contribution in [-0.4, -0.2) is 0 Å². The number of rotatable bonds is 0. The topological polar surface area (TPSA) is 33.0 Å². The number of allylic oxidation sites excluding steroid dienone is 2. The fraction of sp³-hybridized carbons (Fsp3) is 0.0870. The number of hydrogen-bond acceptors (Lipinski definition) is 2. The van der Waals surface area contributed by atoms with Gasteiger partial charge in [-0.05, 0) is 40.8 Å². The van der Waals surface area contributed by atoms with Gasteiger partial charge in [-0.1, -0.05) is 66.2 Å². The monoisotopic (exact) mass is 355 g/mol. The van der Waals surface area contributed by atoms with Crippen LogP contribution in [0.4, 0.5) is 0 Å². The van der Waals surface area contributed by atoms with Gasteiger partial charge in [-0.15, -0.1) is 0 Å². The van der Waals surface area contributed by atoms with Crippen molar-refractivity contribution in [2.45, 2.75) is 12.8 Å². The van der Waals surface area contributed by atoms with E-state index < -0.39 is 0 Å². The molecule has 0 bridgehead atoms. The molecule has 26 heavy (non-hydrogen) atoms. The van der Waals surface area contributed by atoms with E-state index in [2.05, 4.69) is 36.4 Å². The number of halogens is 1. The number of fused-ring (bicyclic) bond motifs is 6. The molecule has 2 nitrogen and oxygen atoms in total. The minimum atomic E-state index is 0.107. The Balaban J connectivity index is 1.94. The van der Waals surface area contributed by atoms with Crippen molar-refractivity contribution in [2.75, 3.05) is 0 Å². The summed E-state index contributed by atoms with van der Waals surface area (Å²) >= 11 is 6.24. The molecule has 1 aliphatic carbocycles. The van der Waals surface area contributed by atoms with Crippen molar-refractivity contribution < 1.29 is 4.74 Å². The zero-order valence-electron chi connectivity index (χ0n) is 13.9. The number of nitrogens with zero attached hydrogens (tertiary/aromatic N) is 1. The van der Waals surface area contributed by atoms with Gasteiger partial charge >= 0.3 is 0 Å². The van der Waals surface area contributed by atoms with E-state index in [1.54, 1.807) is 0 Å². The summed E-state index contributed by atoms with van der Waals surface area (Å²) in [4.78, 5) is 0. The molecule has 0 atom stereocenters. The van der Waals surface area contributed by atoms with Gasteiger partial charge in [0.25, 0.3) is 0 Å². The number of hydrogen-bond donors (Lipinski definition) is 0. The fourth-order valence-corrected chi connectivity index (χ4v) is 4.19. The lowest BCUT2D eigenvalue weighted by molar-refractivity contribution is 0.424. The van der Waals surface area contributed by atoms with E-state index in [0.29, 0.717) is 5.76 Å². The number of aryl methyl sites for hydroxylation is 1. The fourth-order valence-electron chi connectivity index (χ4n) is 4.04. The molecule has 0 saturated carbocycles. The molecule has 0 radical (unpaired) electrons. The van der Waals surface area contributed by atoms with Gasteiger partial charge in [0.05, 0.1) is 0 Å². The van der Waals surface area contributed by atoms with E-state index in [1.807, 2.05) is 30.3 Å². The van der Waals surface area contributed by atoms with Crippen LogP contribution in [0.1, 0.15) is 23.1 Å². The third kappa shape index (κ3) is 2.11. The molecule has 3 aromatic rings. The highest BCUT2D eigenvalue weighted by atomic mass is 35.5. The van der Waals surface area contributed by atoms with Gasteiger partial charge in [0.2, 0.25) is 0 Å². The number of nitriles is 1. The summed E-state index contributed by atoms with van der Waals surface area (Å²) in [5.74, 6) is 1.25. The summed E-state index contributed by atoms with van der Waals surface area (Å²) in [5.41, 5.74) is 5.79. The predicted octanol–water partition coefficient (Wildman–Crippen LogP) is 5.95. The van der Waals surface area contributed by atoms with E-state index in [0.717, 1.165) is 40.7 Å². The van der Waals surface area contributed by atoms with Crippen LogP contribution in [0.3, 0.4) is 0 Å². The van der Waals surface area contributed by atoms with Crippen LogP contribution in [0.2, 0.25) is 0 Å². The van der Waals surface area contributed by atoms with Crippen LogP contribution < -0.4 is 4.74 Å². The minimum absolute atomic E-state index is 0.107. The lowest BCUT2D eigenvalue weighted by atomic mass is 9.78. The molecule has 0 amide bonds. The van der Waals surface area contributed by atoms with Crippen molar-refractivity contribution in [1.82, 2.24) is 0 Å². The Morgan fingerprint density at radius 1 is 0.962 bits per heavy atom. The summed E-state index contributed by atoms with van der Waals surface area (Å²) in [6, 6.07) is 22.9. The third-order valence-corrected chi connectivity index (χ3v) is 5.41. The van der Waals surface area contributed by atoms with Crippen molar-refractivity contribution in [3.63, 3.8) is 0 Å². The summed E-state index contributed by atoms with van der Waals surface area (Å²) in [7, 11) is 0. The van der Waals surface area contributed by atoms with Crippen molar-refractivity contribution in [1.29, 1.82) is 5.26 Å². The highest BCUT2D eigenvalue weighted by Gasteiger charge is 2.32. The lowest BCUT2D eigenvalue weighted by Crippen LogP contribution is -2.17. The van der Waals surface area contributed by atoms with Crippen molar-refractivity contribution in [2.24, 2.45) is 0 Å². The number of benzene rings is 3. The second-order valence-corrected chi connectivity index (χ2v) is 6.91. The minimum Gasteiger partial charge on any atom is -0.454 e. The quantitative estimate of drug-likeness (QED) is 0.466. The molecular formula is C23H14ClNO. The lowest BCUT2D eigenvalue weighted by Gasteiger charge is -2.31. The Hall–Kier alpha value is -3.02. The van der Waals surface area contributed by atoms with Crippen LogP contribution >= 0.6 is 11.6 Å². The van der Waals surface area contributed by atoms with Crippen LogP contribution in [0.5, 0.6) is 5.75 Å². The van der Waals surface area contributed by atoms with E-state index in [-0.39, 0.29) is 5.03 Å². The average Bonchev–Trinajstić information content (AvgIpc) is 2.71. The first kappa shape index (κ1) is 15.3. The molecular weight excluding hydrogens is 342 g/mol. The predicted molar refractivity (Wildman–Crippen MR) is 104 cm³/mol. The molecule has 1 aliphatic heterocycles. The summed E-state index contributed by atoms with van der Waals surface area (Å²) in [6.07, 6.45) is 1.72.